The molecule has 1 saturated heterocycles. The fourth-order valence-electron chi connectivity index (χ4n) is 4.60. The number of ether oxygens (including phenoxy) is 1. The fourth-order valence-corrected chi connectivity index (χ4v) is 4.60. The molecule has 0 aliphatic carbocycles. The Morgan fingerprint density at radius 3 is 2.50 bits per heavy atom. The molecule has 2 atom stereocenters. The highest BCUT2D eigenvalue weighted by Gasteiger charge is 2.44. The number of hydrogen-bond donors (Lipinski definition) is 0. The van der Waals surface area contributed by atoms with Crippen molar-refractivity contribution in [1.29, 1.82) is 0 Å². The van der Waals surface area contributed by atoms with Crippen LogP contribution in [0.3, 0.4) is 0 Å². The Labute approximate surface area is 183 Å². The third-order valence-corrected chi connectivity index (χ3v) is 6.43. The predicted molar refractivity (Wildman–Crippen MR) is 117 cm³/mol. The molecule has 0 radical (unpaired) electrons. The first kappa shape index (κ1) is 20.4. The number of amides is 1. The molecule has 3 aromatic rings. The summed E-state index contributed by atoms with van der Waals surface area (Å²) in [7, 11) is 0. The molecule has 0 saturated carbocycles. The number of aryl methyl sites for hydroxylation is 2. The van der Waals surface area contributed by atoms with Crippen molar-refractivity contribution in [1.82, 2.24) is 4.90 Å². The molecule has 32 heavy (non-hydrogen) atoms. The van der Waals surface area contributed by atoms with Gasteiger partial charge in [-0.05, 0) is 67.6 Å². The Kier molecular flexibility index (Phi) is 4.82. The molecule has 164 valence electrons. The van der Waals surface area contributed by atoms with Gasteiger partial charge in [0.1, 0.15) is 5.58 Å². The van der Waals surface area contributed by atoms with Crippen molar-refractivity contribution < 1.29 is 18.9 Å². The summed E-state index contributed by atoms with van der Waals surface area (Å²) >= 11 is 0. The van der Waals surface area contributed by atoms with Crippen LogP contribution in [0.5, 0.6) is 0 Å². The SMILES string of the molecule is Cc1cc2oc3c(c(=O)c2cc1C)[C@H](c1ccc([N+](=O)[O-])cc1)N(C[C@H]1CCCO1)C3=O. The number of carbonyl (C=O) groups excluding carboxylic acids is 1. The van der Waals surface area contributed by atoms with Crippen LogP contribution in [0.15, 0.2) is 45.6 Å². The second kappa shape index (κ2) is 7.56. The number of rotatable bonds is 4. The van der Waals surface area contributed by atoms with Crippen molar-refractivity contribution in [3.8, 4) is 0 Å². The zero-order valence-corrected chi connectivity index (χ0v) is 17.8. The van der Waals surface area contributed by atoms with Crippen LogP contribution in [0.1, 0.15) is 51.7 Å². The lowest BCUT2D eigenvalue weighted by Gasteiger charge is -2.27. The smallest absolute Gasteiger partial charge is 0.291 e. The Morgan fingerprint density at radius 1 is 1.12 bits per heavy atom. The summed E-state index contributed by atoms with van der Waals surface area (Å²) in [5.74, 6) is -0.330. The molecule has 3 heterocycles. The number of fused-ring (bicyclic) bond motifs is 2. The molecule has 1 fully saturated rings. The molecule has 2 aliphatic heterocycles. The molecule has 1 aromatic heterocycles. The van der Waals surface area contributed by atoms with E-state index < -0.39 is 11.0 Å². The summed E-state index contributed by atoms with van der Waals surface area (Å²) in [4.78, 5) is 39.2. The normalized spacial score (nSPS) is 20.2. The lowest BCUT2D eigenvalue weighted by molar-refractivity contribution is -0.384. The van der Waals surface area contributed by atoms with Crippen LogP contribution in [0, 0.1) is 24.0 Å². The summed E-state index contributed by atoms with van der Waals surface area (Å²) in [6.07, 6.45) is 1.62. The van der Waals surface area contributed by atoms with Gasteiger partial charge in [-0.15, -0.1) is 0 Å². The van der Waals surface area contributed by atoms with Crippen molar-refractivity contribution in [2.45, 2.75) is 38.8 Å². The Morgan fingerprint density at radius 2 is 1.84 bits per heavy atom. The first-order chi connectivity index (χ1) is 15.3. The largest absolute Gasteiger partial charge is 0.450 e. The third-order valence-electron chi connectivity index (χ3n) is 6.43. The van der Waals surface area contributed by atoms with Crippen molar-refractivity contribution in [3.05, 3.63) is 84.7 Å². The molecular formula is C24H22N2O6. The standard InChI is InChI=1S/C24H22N2O6/c1-13-10-18-19(11-14(13)2)32-23-20(22(18)27)21(15-5-7-16(8-6-15)26(29)30)25(24(23)28)12-17-4-3-9-31-17/h5-8,10-11,17,21H,3-4,9,12H2,1-2H3/t17-,21+/m1/s1. The summed E-state index contributed by atoms with van der Waals surface area (Å²) in [6, 6.07) is 8.84. The van der Waals surface area contributed by atoms with E-state index >= 15 is 0 Å². The van der Waals surface area contributed by atoms with Gasteiger partial charge < -0.3 is 14.1 Å². The summed E-state index contributed by atoms with van der Waals surface area (Å²) in [6.45, 7) is 4.80. The lowest BCUT2D eigenvalue weighted by atomic mass is 9.97. The molecule has 1 amide bonds. The maximum atomic E-state index is 13.6. The van der Waals surface area contributed by atoms with Crippen LogP contribution in [-0.2, 0) is 4.74 Å². The average molecular weight is 434 g/mol. The lowest BCUT2D eigenvalue weighted by Crippen LogP contribution is -2.36. The number of benzene rings is 2. The van der Waals surface area contributed by atoms with E-state index in [0.29, 0.717) is 29.7 Å². The highest BCUT2D eigenvalue weighted by atomic mass is 16.6. The molecule has 2 aromatic carbocycles. The number of hydrogen-bond acceptors (Lipinski definition) is 6. The van der Waals surface area contributed by atoms with E-state index in [1.165, 1.54) is 12.1 Å². The Balaban J connectivity index is 1.70. The fraction of sp³-hybridized carbons (Fsp3) is 0.333. The second-order valence-electron chi connectivity index (χ2n) is 8.45. The summed E-state index contributed by atoms with van der Waals surface area (Å²) in [5, 5.41) is 11.5. The van der Waals surface area contributed by atoms with E-state index in [-0.39, 0.29) is 34.5 Å². The molecule has 0 spiro atoms. The van der Waals surface area contributed by atoms with Gasteiger partial charge in [-0.25, -0.2) is 0 Å². The summed E-state index contributed by atoms with van der Waals surface area (Å²) in [5.41, 5.74) is 2.89. The van der Waals surface area contributed by atoms with Crippen LogP contribution in [0.2, 0.25) is 0 Å². The highest BCUT2D eigenvalue weighted by Crippen LogP contribution is 2.39. The molecule has 8 nitrogen and oxygen atoms in total. The molecule has 0 bridgehead atoms. The zero-order chi connectivity index (χ0) is 22.6. The predicted octanol–water partition coefficient (Wildman–Crippen LogP) is 4.04. The minimum absolute atomic E-state index is 0.0344. The van der Waals surface area contributed by atoms with Crippen LogP contribution < -0.4 is 5.43 Å². The maximum absolute atomic E-state index is 13.6. The van der Waals surface area contributed by atoms with Crippen LogP contribution in [0.4, 0.5) is 5.69 Å². The van der Waals surface area contributed by atoms with Gasteiger partial charge in [-0.1, -0.05) is 0 Å². The molecule has 8 heteroatoms. The minimum Gasteiger partial charge on any atom is -0.450 e. The van der Waals surface area contributed by atoms with Gasteiger partial charge in [0.05, 0.1) is 28.0 Å². The number of nitrogens with zero attached hydrogens (tertiary/aromatic N) is 2. The first-order valence-corrected chi connectivity index (χ1v) is 10.6. The van der Waals surface area contributed by atoms with Crippen molar-refractivity contribution in [2.24, 2.45) is 0 Å². The monoisotopic (exact) mass is 434 g/mol. The van der Waals surface area contributed by atoms with E-state index in [4.69, 9.17) is 9.15 Å². The third kappa shape index (κ3) is 3.18. The van der Waals surface area contributed by atoms with Gasteiger partial charge in [-0.2, -0.15) is 0 Å². The Hall–Kier alpha value is -3.52. The van der Waals surface area contributed by atoms with E-state index in [0.717, 1.165) is 24.0 Å². The van der Waals surface area contributed by atoms with Gasteiger partial charge >= 0.3 is 0 Å². The minimum atomic E-state index is -0.690. The molecule has 2 aliphatic rings. The van der Waals surface area contributed by atoms with E-state index in [2.05, 4.69) is 0 Å². The topological polar surface area (TPSA) is 103 Å². The number of nitro groups is 1. The van der Waals surface area contributed by atoms with Crippen molar-refractivity contribution in [3.63, 3.8) is 0 Å². The van der Waals surface area contributed by atoms with Crippen molar-refractivity contribution in [2.75, 3.05) is 13.2 Å². The molecule has 0 N–H and O–H groups in total. The summed E-state index contributed by atoms with van der Waals surface area (Å²) < 4.78 is 11.7. The van der Waals surface area contributed by atoms with Crippen LogP contribution in [-0.4, -0.2) is 35.0 Å². The van der Waals surface area contributed by atoms with Gasteiger partial charge in [0.15, 0.2) is 5.43 Å². The highest BCUT2D eigenvalue weighted by molar-refractivity contribution is 5.99. The van der Waals surface area contributed by atoms with E-state index in [9.17, 15) is 19.7 Å². The number of carbonyl (C=O) groups is 1. The Bertz CT molecular complexity index is 1300. The quantitative estimate of drug-likeness (QED) is 0.453. The van der Waals surface area contributed by atoms with Gasteiger partial charge in [0.25, 0.3) is 11.6 Å². The molecular weight excluding hydrogens is 412 g/mol. The first-order valence-electron chi connectivity index (χ1n) is 10.6. The zero-order valence-electron chi connectivity index (χ0n) is 17.8. The average Bonchev–Trinajstić information content (AvgIpc) is 3.38. The van der Waals surface area contributed by atoms with Gasteiger partial charge in [0.2, 0.25) is 5.76 Å². The van der Waals surface area contributed by atoms with E-state index in [1.807, 2.05) is 13.8 Å². The van der Waals surface area contributed by atoms with Gasteiger partial charge in [0, 0.05) is 25.3 Å². The van der Waals surface area contributed by atoms with E-state index in [1.54, 1.807) is 29.2 Å². The van der Waals surface area contributed by atoms with Crippen molar-refractivity contribution >= 4 is 22.6 Å². The van der Waals surface area contributed by atoms with Gasteiger partial charge in [-0.3, -0.25) is 19.7 Å². The molecule has 5 rings (SSSR count). The molecule has 0 unspecified atom stereocenters. The van der Waals surface area contributed by atoms with Crippen LogP contribution >= 0.6 is 0 Å². The number of nitro benzene ring substituents is 1. The second-order valence-corrected chi connectivity index (χ2v) is 8.45. The van der Waals surface area contributed by atoms with Crippen LogP contribution in [0.25, 0.3) is 11.0 Å². The number of non-ortho nitro benzene ring substituents is 1. The maximum Gasteiger partial charge on any atom is 0.291 e.